The number of anilines is 2. The molecule has 0 unspecified atom stereocenters. The van der Waals surface area contributed by atoms with Crippen molar-refractivity contribution in [1.29, 1.82) is 0 Å². The highest BCUT2D eigenvalue weighted by molar-refractivity contribution is 6.17. The van der Waals surface area contributed by atoms with Gasteiger partial charge in [0.1, 0.15) is 17.2 Å². The lowest BCUT2D eigenvalue weighted by atomic mass is 10.1. The molecular weight excluding hydrogens is 452 g/mol. The Kier molecular flexibility index (Phi) is 7.21. The van der Waals surface area contributed by atoms with Crippen molar-refractivity contribution >= 4 is 29.1 Å². The Morgan fingerprint density at radius 3 is 2.17 bits per heavy atom. The van der Waals surface area contributed by atoms with E-state index in [1.165, 1.54) is 6.08 Å². The number of methoxy groups -OCH3 is 2. The van der Waals surface area contributed by atoms with E-state index >= 15 is 0 Å². The predicted octanol–water partition coefficient (Wildman–Crippen LogP) is 1.32. The number of imide groups is 1. The first kappa shape index (κ1) is 24.1. The number of piperazine rings is 1. The summed E-state index contributed by atoms with van der Waals surface area (Å²) in [5.41, 5.74) is 2.37. The zero-order chi connectivity index (χ0) is 24.9. The summed E-state index contributed by atoms with van der Waals surface area (Å²) in [6.07, 6.45) is 1.24. The molecule has 0 radical (unpaired) electrons. The minimum atomic E-state index is -0.456. The van der Waals surface area contributed by atoms with Gasteiger partial charge in [-0.15, -0.1) is 0 Å². The summed E-state index contributed by atoms with van der Waals surface area (Å²) < 4.78 is 10.5. The fourth-order valence-corrected chi connectivity index (χ4v) is 4.10. The van der Waals surface area contributed by atoms with Crippen LogP contribution in [-0.4, -0.2) is 86.2 Å². The molecule has 0 atom stereocenters. The summed E-state index contributed by atoms with van der Waals surface area (Å²) in [5.74, 6) is 0.174. The fourth-order valence-electron chi connectivity index (χ4n) is 4.10. The molecule has 4 rings (SSSR count). The molecule has 2 aliphatic heterocycles. The maximum atomic E-state index is 13.0. The molecular formula is C25H28N4O6. The molecule has 1 saturated heterocycles. The Labute approximate surface area is 203 Å². The Bertz CT molecular complexity index is 1120. The third-order valence-electron chi connectivity index (χ3n) is 6.01. The predicted molar refractivity (Wildman–Crippen MR) is 130 cm³/mol. The van der Waals surface area contributed by atoms with Gasteiger partial charge < -0.3 is 29.7 Å². The van der Waals surface area contributed by atoms with Gasteiger partial charge >= 0.3 is 0 Å². The molecule has 0 aliphatic carbocycles. The van der Waals surface area contributed by atoms with Crippen molar-refractivity contribution in [3.63, 3.8) is 0 Å². The van der Waals surface area contributed by atoms with Crippen LogP contribution >= 0.6 is 0 Å². The van der Waals surface area contributed by atoms with E-state index in [0.717, 1.165) is 10.6 Å². The summed E-state index contributed by atoms with van der Waals surface area (Å²) in [4.78, 5) is 42.2. The Morgan fingerprint density at radius 1 is 0.971 bits per heavy atom. The highest BCUT2D eigenvalue weighted by Gasteiger charge is 2.30. The van der Waals surface area contributed by atoms with Gasteiger partial charge in [-0.25, -0.2) is 0 Å². The summed E-state index contributed by atoms with van der Waals surface area (Å²) in [6.45, 7) is 2.19. The lowest BCUT2D eigenvalue weighted by Gasteiger charge is -2.36. The van der Waals surface area contributed by atoms with Crippen molar-refractivity contribution in [1.82, 2.24) is 9.80 Å². The number of aliphatic hydroxyl groups excluding tert-OH is 1. The number of ether oxygens (including phenoxy) is 2. The smallest absolute Gasteiger partial charge is 0.277 e. The number of amides is 3. The van der Waals surface area contributed by atoms with E-state index in [1.807, 2.05) is 29.2 Å². The monoisotopic (exact) mass is 480 g/mol. The maximum absolute atomic E-state index is 13.0. The van der Waals surface area contributed by atoms with Crippen LogP contribution in [0.15, 0.2) is 54.2 Å². The number of carbonyl (C=O) groups is 3. The second kappa shape index (κ2) is 10.5. The topological polar surface area (TPSA) is 112 Å². The maximum Gasteiger partial charge on any atom is 0.277 e. The molecule has 3 amide bonds. The molecule has 2 aliphatic rings. The third kappa shape index (κ3) is 5.22. The van der Waals surface area contributed by atoms with Gasteiger partial charge in [-0.1, -0.05) is 0 Å². The molecule has 184 valence electrons. The molecule has 2 heterocycles. The number of aliphatic hydroxyl groups is 1. The van der Waals surface area contributed by atoms with Crippen molar-refractivity contribution in [2.24, 2.45) is 0 Å². The first-order chi connectivity index (χ1) is 16.9. The lowest BCUT2D eigenvalue weighted by molar-refractivity contribution is -0.137. The van der Waals surface area contributed by atoms with E-state index in [1.54, 1.807) is 32.4 Å². The molecule has 0 aromatic heterocycles. The molecule has 0 spiro atoms. The second-order valence-electron chi connectivity index (χ2n) is 8.13. The van der Waals surface area contributed by atoms with Crippen LogP contribution in [-0.2, 0) is 9.59 Å². The summed E-state index contributed by atoms with van der Waals surface area (Å²) in [6, 6.07) is 12.7. The average Bonchev–Trinajstić information content (AvgIpc) is 3.16. The largest absolute Gasteiger partial charge is 0.497 e. The van der Waals surface area contributed by atoms with Crippen molar-refractivity contribution in [3.8, 4) is 11.5 Å². The Balaban J connectivity index is 1.35. The van der Waals surface area contributed by atoms with Crippen LogP contribution in [0.2, 0.25) is 0 Å². The van der Waals surface area contributed by atoms with Crippen molar-refractivity contribution < 1.29 is 29.0 Å². The summed E-state index contributed by atoms with van der Waals surface area (Å²) in [5, 5.41) is 12.0. The Morgan fingerprint density at radius 2 is 1.60 bits per heavy atom. The van der Waals surface area contributed by atoms with Crippen molar-refractivity contribution in [2.75, 3.05) is 63.8 Å². The number of hydrogen-bond donors (Lipinski definition) is 2. The van der Waals surface area contributed by atoms with Crippen LogP contribution in [0.3, 0.4) is 0 Å². The molecule has 10 heteroatoms. The number of β-amino-alcohol motifs (C(OH)–C–C–N with tert-alkyl or cyclic N) is 1. The van der Waals surface area contributed by atoms with E-state index in [2.05, 4.69) is 10.2 Å². The van der Waals surface area contributed by atoms with Crippen molar-refractivity contribution in [3.05, 3.63) is 59.8 Å². The van der Waals surface area contributed by atoms with Crippen LogP contribution in [0.1, 0.15) is 10.4 Å². The minimum Gasteiger partial charge on any atom is -0.497 e. The van der Waals surface area contributed by atoms with Gasteiger partial charge in [0.25, 0.3) is 17.7 Å². The molecule has 10 nitrogen and oxygen atoms in total. The number of nitrogens with zero attached hydrogens (tertiary/aromatic N) is 3. The second-order valence-corrected chi connectivity index (χ2v) is 8.13. The van der Waals surface area contributed by atoms with E-state index in [-0.39, 0.29) is 24.8 Å². The first-order valence-electron chi connectivity index (χ1n) is 11.3. The van der Waals surface area contributed by atoms with Crippen LogP contribution in [0.5, 0.6) is 11.5 Å². The van der Waals surface area contributed by atoms with Crippen LogP contribution in [0, 0.1) is 0 Å². The molecule has 2 aromatic carbocycles. The number of rotatable bonds is 8. The van der Waals surface area contributed by atoms with E-state index in [0.29, 0.717) is 48.9 Å². The van der Waals surface area contributed by atoms with E-state index in [4.69, 9.17) is 14.6 Å². The van der Waals surface area contributed by atoms with Crippen LogP contribution in [0.25, 0.3) is 0 Å². The summed E-state index contributed by atoms with van der Waals surface area (Å²) >= 11 is 0. The zero-order valence-electron chi connectivity index (χ0n) is 19.7. The molecule has 0 bridgehead atoms. The third-order valence-corrected chi connectivity index (χ3v) is 6.01. The number of hydrogen-bond acceptors (Lipinski definition) is 8. The SMILES string of the molecule is COc1cc(OC)cc(C(=O)N2CCN(c3ccc(NC4=CC(=O)N(CCO)C4=O)cc3)CC2)c1. The van der Waals surface area contributed by atoms with Crippen LogP contribution < -0.4 is 19.7 Å². The zero-order valence-corrected chi connectivity index (χ0v) is 19.7. The number of carbonyl (C=O) groups excluding carboxylic acids is 3. The normalized spacial score (nSPS) is 15.9. The number of nitrogens with one attached hydrogen (secondary N) is 1. The fraction of sp³-hybridized carbons (Fsp3) is 0.320. The highest BCUT2D eigenvalue weighted by atomic mass is 16.5. The average molecular weight is 481 g/mol. The molecule has 2 N–H and O–H groups in total. The molecule has 2 aromatic rings. The van der Waals surface area contributed by atoms with Gasteiger partial charge in [-0.2, -0.15) is 0 Å². The molecule has 35 heavy (non-hydrogen) atoms. The van der Waals surface area contributed by atoms with E-state index < -0.39 is 11.8 Å². The van der Waals surface area contributed by atoms with Gasteiger partial charge in [0.15, 0.2) is 0 Å². The van der Waals surface area contributed by atoms with Gasteiger partial charge in [0.05, 0.1) is 27.4 Å². The van der Waals surface area contributed by atoms with Gasteiger partial charge in [-0.05, 0) is 36.4 Å². The molecule has 1 fully saturated rings. The minimum absolute atomic E-state index is 0.0296. The first-order valence-corrected chi connectivity index (χ1v) is 11.3. The van der Waals surface area contributed by atoms with Crippen molar-refractivity contribution in [2.45, 2.75) is 0 Å². The number of benzene rings is 2. The standard InChI is InChI=1S/C25H28N4O6/c1-34-20-13-17(14-21(15-20)35-2)24(32)28-9-7-27(8-10-28)19-5-3-18(4-6-19)26-22-16-23(31)29(11-12-30)25(22)33/h3-6,13-16,26,30H,7-12H2,1-2H3. The van der Waals surface area contributed by atoms with Crippen LogP contribution in [0.4, 0.5) is 11.4 Å². The quantitative estimate of drug-likeness (QED) is 0.545. The lowest BCUT2D eigenvalue weighted by Crippen LogP contribution is -2.48. The highest BCUT2D eigenvalue weighted by Crippen LogP contribution is 2.25. The van der Waals surface area contributed by atoms with Gasteiger partial charge in [0, 0.05) is 55.3 Å². The van der Waals surface area contributed by atoms with Gasteiger partial charge in [0.2, 0.25) is 0 Å². The summed E-state index contributed by atoms with van der Waals surface area (Å²) in [7, 11) is 3.10. The van der Waals surface area contributed by atoms with Gasteiger partial charge in [-0.3, -0.25) is 19.3 Å². The molecule has 0 saturated carbocycles. The Hall–Kier alpha value is -4.05. The van der Waals surface area contributed by atoms with E-state index in [9.17, 15) is 14.4 Å².